The van der Waals surface area contributed by atoms with Crippen molar-refractivity contribution >= 4 is 5.91 Å². The van der Waals surface area contributed by atoms with Gasteiger partial charge in [0.25, 0.3) is 5.91 Å². The Morgan fingerprint density at radius 3 is 2.33 bits per heavy atom. The van der Waals surface area contributed by atoms with E-state index in [0.717, 1.165) is 0 Å². The van der Waals surface area contributed by atoms with Crippen molar-refractivity contribution in [1.82, 2.24) is 5.32 Å². The van der Waals surface area contributed by atoms with Gasteiger partial charge >= 0.3 is 0 Å². The molecule has 0 aromatic carbocycles. The summed E-state index contributed by atoms with van der Waals surface area (Å²) < 4.78 is 0. The standard InChI is InChI=1S/C6H7NO2/c1-3-4(2)7-6(9)5(3)8/h8H,2H2,1H3,(H,7,9). The summed E-state index contributed by atoms with van der Waals surface area (Å²) in [6, 6.07) is 0. The van der Waals surface area contributed by atoms with Gasteiger partial charge in [0.2, 0.25) is 0 Å². The van der Waals surface area contributed by atoms with Crippen LogP contribution in [-0.2, 0) is 4.79 Å². The molecule has 0 atom stereocenters. The molecular weight excluding hydrogens is 118 g/mol. The predicted molar refractivity (Wildman–Crippen MR) is 32.6 cm³/mol. The van der Waals surface area contributed by atoms with Crippen LogP contribution >= 0.6 is 0 Å². The van der Waals surface area contributed by atoms with Crippen LogP contribution < -0.4 is 5.32 Å². The Bertz CT molecular complexity index is 193. The zero-order valence-electron chi connectivity index (χ0n) is 5.06. The van der Waals surface area contributed by atoms with Gasteiger partial charge in [0.15, 0.2) is 5.76 Å². The van der Waals surface area contributed by atoms with Gasteiger partial charge in [-0.2, -0.15) is 0 Å². The monoisotopic (exact) mass is 125 g/mol. The maximum atomic E-state index is 10.5. The third-order valence-electron chi connectivity index (χ3n) is 1.29. The smallest absolute Gasteiger partial charge is 0.290 e. The number of amides is 1. The van der Waals surface area contributed by atoms with Gasteiger partial charge in [-0.25, -0.2) is 0 Å². The minimum atomic E-state index is -0.461. The summed E-state index contributed by atoms with van der Waals surface area (Å²) in [7, 11) is 0. The zero-order chi connectivity index (χ0) is 7.02. The van der Waals surface area contributed by atoms with Crippen LogP contribution in [0.3, 0.4) is 0 Å². The highest BCUT2D eigenvalue weighted by molar-refractivity contribution is 5.97. The zero-order valence-corrected chi connectivity index (χ0v) is 5.06. The number of carbonyl (C=O) groups excluding carboxylic acids is 1. The molecule has 0 saturated heterocycles. The van der Waals surface area contributed by atoms with E-state index in [-0.39, 0.29) is 5.76 Å². The molecule has 1 aliphatic heterocycles. The molecule has 0 saturated carbocycles. The first kappa shape index (κ1) is 5.88. The number of carbonyl (C=O) groups is 1. The highest BCUT2D eigenvalue weighted by Gasteiger charge is 2.21. The van der Waals surface area contributed by atoms with E-state index in [1.807, 2.05) is 0 Å². The molecule has 3 heteroatoms. The Morgan fingerprint density at radius 1 is 1.67 bits per heavy atom. The van der Waals surface area contributed by atoms with Crippen LogP contribution in [0.15, 0.2) is 23.6 Å². The number of rotatable bonds is 0. The van der Waals surface area contributed by atoms with Crippen LogP contribution in [0.1, 0.15) is 6.92 Å². The summed E-state index contributed by atoms with van der Waals surface area (Å²) in [5.74, 6) is -0.683. The van der Waals surface area contributed by atoms with Crippen molar-refractivity contribution in [2.75, 3.05) is 0 Å². The molecule has 48 valence electrons. The van der Waals surface area contributed by atoms with Crippen molar-refractivity contribution in [1.29, 1.82) is 0 Å². The van der Waals surface area contributed by atoms with Crippen molar-refractivity contribution in [2.24, 2.45) is 0 Å². The third-order valence-corrected chi connectivity index (χ3v) is 1.29. The summed E-state index contributed by atoms with van der Waals surface area (Å²) in [6.07, 6.45) is 0. The van der Waals surface area contributed by atoms with E-state index >= 15 is 0 Å². The van der Waals surface area contributed by atoms with E-state index in [2.05, 4.69) is 11.9 Å². The highest BCUT2D eigenvalue weighted by Crippen LogP contribution is 2.14. The molecule has 3 nitrogen and oxygen atoms in total. The average Bonchev–Trinajstić information content (AvgIpc) is 1.98. The van der Waals surface area contributed by atoms with Crippen LogP contribution in [0.2, 0.25) is 0 Å². The van der Waals surface area contributed by atoms with Crippen LogP contribution in [0.25, 0.3) is 0 Å². The summed E-state index contributed by atoms with van der Waals surface area (Å²) in [5.41, 5.74) is 1.01. The lowest BCUT2D eigenvalue weighted by atomic mass is 10.2. The fourth-order valence-corrected chi connectivity index (χ4v) is 0.603. The molecule has 1 amide bonds. The molecule has 0 bridgehead atoms. The fraction of sp³-hybridized carbons (Fsp3) is 0.167. The molecule has 0 aromatic heterocycles. The Hall–Kier alpha value is -1.25. The number of aliphatic hydroxyl groups is 1. The first-order valence-electron chi connectivity index (χ1n) is 2.53. The second-order valence-electron chi connectivity index (χ2n) is 1.91. The van der Waals surface area contributed by atoms with Gasteiger partial charge in [-0.15, -0.1) is 0 Å². The van der Waals surface area contributed by atoms with Crippen molar-refractivity contribution in [3.05, 3.63) is 23.6 Å². The first-order chi connectivity index (χ1) is 4.13. The minimum absolute atomic E-state index is 0.222. The number of allylic oxidation sites excluding steroid dienone is 1. The van der Waals surface area contributed by atoms with E-state index in [1.54, 1.807) is 6.92 Å². The molecule has 0 radical (unpaired) electrons. The van der Waals surface area contributed by atoms with E-state index < -0.39 is 5.91 Å². The summed E-state index contributed by atoms with van der Waals surface area (Å²) >= 11 is 0. The summed E-state index contributed by atoms with van der Waals surface area (Å²) in [6.45, 7) is 5.12. The highest BCUT2D eigenvalue weighted by atomic mass is 16.3. The Labute approximate surface area is 52.7 Å². The van der Waals surface area contributed by atoms with E-state index in [4.69, 9.17) is 5.11 Å². The van der Waals surface area contributed by atoms with Crippen molar-refractivity contribution in [3.8, 4) is 0 Å². The number of nitrogens with one attached hydrogen (secondary N) is 1. The van der Waals surface area contributed by atoms with Crippen molar-refractivity contribution < 1.29 is 9.90 Å². The van der Waals surface area contributed by atoms with Gasteiger partial charge in [-0.05, 0) is 6.92 Å². The third kappa shape index (κ3) is 0.700. The molecule has 0 unspecified atom stereocenters. The van der Waals surface area contributed by atoms with Gasteiger partial charge < -0.3 is 10.4 Å². The van der Waals surface area contributed by atoms with Crippen molar-refractivity contribution in [3.63, 3.8) is 0 Å². The lowest BCUT2D eigenvalue weighted by Crippen LogP contribution is -2.15. The molecule has 1 aliphatic rings. The van der Waals surface area contributed by atoms with E-state index in [1.165, 1.54) is 0 Å². The normalized spacial score (nSPS) is 18.8. The Morgan fingerprint density at radius 2 is 2.22 bits per heavy atom. The molecule has 1 heterocycles. The second-order valence-corrected chi connectivity index (χ2v) is 1.91. The molecule has 9 heavy (non-hydrogen) atoms. The molecule has 0 aromatic rings. The van der Waals surface area contributed by atoms with Crippen LogP contribution in [0.5, 0.6) is 0 Å². The largest absolute Gasteiger partial charge is 0.503 e. The Balaban J connectivity index is 3.06. The lowest BCUT2D eigenvalue weighted by molar-refractivity contribution is -0.118. The Kier molecular flexibility index (Phi) is 1.06. The van der Waals surface area contributed by atoms with Gasteiger partial charge in [0.1, 0.15) is 0 Å². The van der Waals surface area contributed by atoms with Crippen LogP contribution in [-0.4, -0.2) is 11.0 Å². The lowest BCUT2D eigenvalue weighted by Gasteiger charge is -1.90. The number of hydrogen-bond acceptors (Lipinski definition) is 2. The number of hydrogen-bond donors (Lipinski definition) is 2. The van der Waals surface area contributed by atoms with E-state index in [9.17, 15) is 4.79 Å². The maximum absolute atomic E-state index is 10.5. The molecular formula is C6H7NO2. The fourth-order valence-electron chi connectivity index (χ4n) is 0.603. The quantitative estimate of drug-likeness (QED) is 0.494. The molecule has 0 fully saturated rings. The van der Waals surface area contributed by atoms with Crippen molar-refractivity contribution in [2.45, 2.75) is 6.92 Å². The van der Waals surface area contributed by atoms with Crippen LogP contribution in [0.4, 0.5) is 0 Å². The van der Waals surface area contributed by atoms with Gasteiger partial charge in [-0.1, -0.05) is 6.58 Å². The minimum Gasteiger partial charge on any atom is -0.503 e. The second kappa shape index (κ2) is 1.62. The SMILES string of the molecule is C=C1NC(=O)C(O)=C1C. The maximum Gasteiger partial charge on any atom is 0.290 e. The number of aliphatic hydroxyl groups excluding tert-OH is 1. The average molecular weight is 125 g/mol. The first-order valence-corrected chi connectivity index (χ1v) is 2.53. The molecule has 0 aliphatic carbocycles. The molecule has 0 spiro atoms. The van der Waals surface area contributed by atoms with Gasteiger partial charge in [-0.3, -0.25) is 4.79 Å². The van der Waals surface area contributed by atoms with Gasteiger partial charge in [0.05, 0.1) is 0 Å². The molecule has 2 N–H and O–H groups in total. The molecule has 1 rings (SSSR count). The van der Waals surface area contributed by atoms with Crippen LogP contribution in [0, 0.1) is 0 Å². The van der Waals surface area contributed by atoms with Gasteiger partial charge in [0, 0.05) is 11.3 Å². The van der Waals surface area contributed by atoms with E-state index in [0.29, 0.717) is 11.3 Å². The summed E-state index contributed by atoms with van der Waals surface area (Å²) in [5, 5.41) is 11.2. The predicted octanol–water partition coefficient (Wildman–Crippen LogP) is 0.462. The summed E-state index contributed by atoms with van der Waals surface area (Å²) in [4.78, 5) is 10.5. The topological polar surface area (TPSA) is 49.3 Å².